The Kier molecular flexibility index (Phi) is 7.16. The Balaban J connectivity index is 1.50. The lowest BCUT2D eigenvalue weighted by Crippen LogP contribution is -2.40. The van der Waals surface area contributed by atoms with E-state index >= 15 is 0 Å². The third-order valence-electron chi connectivity index (χ3n) is 5.20. The van der Waals surface area contributed by atoms with E-state index in [1.54, 1.807) is 18.2 Å². The average Bonchev–Trinajstić information content (AvgIpc) is 3.39. The van der Waals surface area contributed by atoms with Crippen molar-refractivity contribution in [3.63, 3.8) is 0 Å². The Morgan fingerprint density at radius 3 is 2.45 bits per heavy atom. The SMILES string of the molecule is CCCCn1c(=O)n(CCCn2nnc(Cc3c(Cl)cccc3Cl)n2)c(=O)c2[nH]c(Cl)nc21. The molecule has 1 N–H and O–H groups in total. The van der Waals surface area contributed by atoms with E-state index in [0.29, 0.717) is 41.8 Å². The highest BCUT2D eigenvalue weighted by atomic mass is 35.5. The van der Waals surface area contributed by atoms with Gasteiger partial charge in [-0.2, -0.15) is 9.78 Å². The van der Waals surface area contributed by atoms with Gasteiger partial charge in [0.2, 0.25) is 5.28 Å². The van der Waals surface area contributed by atoms with Crippen LogP contribution in [0.2, 0.25) is 15.3 Å². The molecule has 0 spiro atoms. The summed E-state index contributed by atoms with van der Waals surface area (Å²) < 4.78 is 2.68. The highest BCUT2D eigenvalue weighted by Crippen LogP contribution is 2.25. The lowest BCUT2D eigenvalue weighted by atomic mass is 10.1. The standard InChI is InChI=1S/C20H21Cl3N8O2/c1-2-3-8-29-17-16(24-19(23)25-17)18(32)30(20(29)33)9-5-10-31-27-15(26-28-31)11-12-13(21)6-4-7-14(12)22/h4,6-7H,2-3,5,8-11H2,1H3,(H,24,25). The van der Waals surface area contributed by atoms with Crippen molar-refractivity contribution in [1.29, 1.82) is 0 Å². The van der Waals surface area contributed by atoms with Crippen LogP contribution in [0.5, 0.6) is 0 Å². The number of unbranched alkanes of at least 4 members (excludes halogenated alkanes) is 1. The number of H-pyrrole nitrogens is 1. The van der Waals surface area contributed by atoms with Gasteiger partial charge in [-0.3, -0.25) is 13.9 Å². The minimum absolute atomic E-state index is 0.0717. The molecule has 10 nitrogen and oxygen atoms in total. The van der Waals surface area contributed by atoms with Gasteiger partial charge >= 0.3 is 5.69 Å². The molecule has 33 heavy (non-hydrogen) atoms. The Morgan fingerprint density at radius 1 is 1.00 bits per heavy atom. The van der Waals surface area contributed by atoms with Crippen LogP contribution in [0.3, 0.4) is 0 Å². The number of aromatic amines is 1. The minimum Gasteiger partial charge on any atom is -0.323 e. The molecule has 0 amide bonds. The van der Waals surface area contributed by atoms with E-state index in [-0.39, 0.29) is 23.0 Å². The van der Waals surface area contributed by atoms with Crippen molar-refractivity contribution >= 4 is 46.0 Å². The zero-order chi connectivity index (χ0) is 23.5. The van der Waals surface area contributed by atoms with Crippen LogP contribution in [0.25, 0.3) is 11.2 Å². The summed E-state index contributed by atoms with van der Waals surface area (Å²) in [5, 5.41) is 13.6. The van der Waals surface area contributed by atoms with Crippen LogP contribution in [-0.4, -0.2) is 39.3 Å². The fourth-order valence-electron chi connectivity index (χ4n) is 3.52. The summed E-state index contributed by atoms with van der Waals surface area (Å²) in [4.78, 5) is 34.1. The second-order valence-electron chi connectivity index (χ2n) is 7.50. The van der Waals surface area contributed by atoms with Crippen LogP contribution in [0.1, 0.15) is 37.6 Å². The molecule has 0 aliphatic rings. The summed E-state index contributed by atoms with van der Waals surface area (Å²) in [7, 11) is 0. The van der Waals surface area contributed by atoms with Crippen LogP contribution in [0, 0.1) is 0 Å². The van der Waals surface area contributed by atoms with Gasteiger partial charge in [-0.25, -0.2) is 4.79 Å². The van der Waals surface area contributed by atoms with Gasteiger partial charge in [0.05, 0.1) is 6.54 Å². The normalized spacial score (nSPS) is 11.5. The lowest BCUT2D eigenvalue weighted by molar-refractivity contribution is 0.451. The Labute approximate surface area is 203 Å². The fraction of sp³-hybridized carbons (Fsp3) is 0.400. The number of tetrazole rings is 1. The van der Waals surface area contributed by atoms with E-state index in [1.807, 2.05) is 6.92 Å². The molecule has 3 aromatic heterocycles. The molecule has 13 heteroatoms. The monoisotopic (exact) mass is 510 g/mol. The predicted octanol–water partition coefficient (Wildman–Crippen LogP) is 3.31. The van der Waals surface area contributed by atoms with E-state index in [1.165, 1.54) is 13.9 Å². The zero-order valence-corrected chi connectivity index (χ0v) is 20.0. The summed E-state index contributed by atoms with van der Waals surface area (Å²) in [6, 6.07) is 5.27. The topological polar surface area (TPSA) is 116 Å². The van der Waals surface area contributed by atoms with Gasteiger partial charge in [0.25, 0.3) is 5.56 Å². The van der Waals surface area contributed by atoms with Gasteiger partial charge in [0, 0.05) is 29.6 Å². The first-order valence-electron chi connectivity index (χ1n) is 10.5. The Bertz CT molecular complexity index is 1380. The summed E-state index contributed by atoms with van der Waals surface area (Å²) in [6.07, 6.45) is 2.46. The minimum atomic E-state index is -0.456. The molecule has 3 heterocycles. The average molecular weight is 512 g/mol. The summed E-state index contributed by atoms with van der Waals surface area (Å²) >= 11 is 18.4. The number of nitrogens with zero attached hydrogens (tertiary/aromatic N) is 7. The maximum atomic E-state index is 13.0. The smallest absolute Gasteiger partial charge is 0.323 e. The second kappa shape index (κ2) is 10.1. The molecular formula is C20H21Cl3N8O2. The molecule has 0 saturated heterocycles. The summed E-state index contributed by atoms with van der Waals surface area (Å²) in [5.74, 6) is 0.470. The number of hydrogen-bond donors (Lipinski definition) is 1. The lowest BCUT2D eigenvalue weighted by Gasteiger charge is -2.10. The fourth-order valence-corrected chi connectivity index (χ4v) is 4.23. The van der Waals surface area contributed by atoms with Gasteiger partial charge in [0.1, 0.15) is 0 Å². The van der Waals surface area contributed by atoms with Gasteiger partial charge in [-0.05, 0) is 47.4 Å². The predicted molar refractivity (Wildman–Crippen MR) is 126 cm³/mol. The summed E-state index contributed by atoms with van der Waals surface area (Å²) in [5.41, 5.74) is 0.354. The Hall–Kier alpha value is -2.69. The number of hydrogen-bond acceptors (Lipinski definition) is 6. The number of rotatable bonds is 9. The van der Waals surface area contributed by atoms with Crippen molar-refractivity contribution in [1.82, 2.24) is 39.3 Å². The van der Waals surface area contributed by atoms with E-state index in [9.17, 15) is 9.59 Å². The number of aryl methyl sites for hydroxylation is 2. The molecule has 0 unspecified atom stereocenters. The van der Waals surface area contributed by atoms with E-state index < -0.39 is 11.2 Å². The number of imidazole rings is 1. The molecule has 0 aliphatic carbocycles. The first-order valence-corrected chi connectivity index (χ1v) is 11.6. The third-order valence-corrected chi connectivity index (χ3v) is 6.09. The van der Waals surface area contributed by atoms with Crippen LogP contribution >= 0.6 is 34.8 Å². The van der Waals surface area contributed by atoms with Crippen molar-refractivity contribution in [2.45, 2.75) is 52.2 Å². The van der Waals surface area contributed by atoms with Gasteiger partial charge in [-0.1, -0.05) is 42.6 Å². The maximum absolute atomic E-state index is 13.0. The zero-order valence-electron chi connectivity index (χ0n) is 17.8. The molecule has 0 radical (unpaired) electrons. The van der Waals surface area contributed by atoms with Crippen molar-refractivity contribution in [3.8, 4) is 0 Å². The van der Waals surface area contributed by atoms with Gasteiger partial charge < -0.3 is 4.98 Å². The van der Waals surface area contributed by atoms with E-state index in [4.69, 9.17) is 34.8 Å². The first kappa shape index (κ1) is 23.5. The molecule has 0 saturated carbocycles. The van der Waals surface area contributed by atoms with E-state index in [2.05, 4.69) is 25.4 Å². The number of aromatic nitrogens is 8. The second-order valence-corrected chi connectivity index (χ2v) is 8.68. The maximum Gasteiger partial charge on any atom is 0.332 e. The van der Waals surface area contributed by atoms with Crippen molar-refractivity contribution < 1.29 is 0 Å². The number of fused-ring (bicyclic) bond motifs is 1. The molecule has 4 aromatic rings. The Morgan fingerprint density at radius 2 is 1.73 bits per heavy atom. The first-order chi connectivity index (χ1) is 15.9. The quantitative estimate of drug-likeness (QED) is 0.345. The van der Waals surface area contributed by atoms with Crippen molar-refractivity contribution in [2.75, 3.05) is 0 Å². The van der Waals surface area contributed by atoms with Crippen LogP contribution in [0.4, 0.5) is 0 Å². The highest BCUT2D eigenvalue weighted by Gasteiger charge is 2.17. The largest absolute Gasteiger partial charge is 0.332 e. The molecule has 1 aromatic carbocycles. The van der Waals surface area contributed by atoms with Crippen LogP contribution in [0.15, 0.2) is 27.8 Å². The molecule has 4 rings (SSSR count). The molecule has 0 fully saturated rings. The highest BCUT2D eigenvalue weighted by molar-refractivity contribution is 6.36. The molecule has 0 bridgehead atoms. The third kappa shape index (κ3) is 4.97. The van der Waals surface area contributed by atoms with Gasteiger partial charge in [-0.15, -0.1) is 10.2 Å². The van der Waals surface area contributed by atoms with Crippen LogP contribution < -0.4 is 11.2 Å². The summed E-state index contributed by atoms with van der Waals surface area (Å²) in [6.45, 7) is 3.02. The van der Waals surface area contributed by atoms with Crippen LogP contribution in [-0.2, 0) is 26.1 Å². The molecule has 0 atom stereocenters. The molecular weight excluding hydrogens is 491 g/mol. The van der Waals surface area contributed by atoms with E-state index in [0.717, 1.165) is 18.4 Å². The molecule has 0 aliphatic heterocycles. The number of benzene rings is 1. The van der Waals surface area contributed by atoms with Gasteiger partial charge in [0.15, 0.2) is 17.0 Å². The van der Waals surface area contributed by atoms with Crippen molar-refractivity contribution in [3.05, 3.63) is 65.8 Å². The number of nitrogens with one attached hydrogen (secondary N) is 1. The number of halogens is 3. The van der Waals surface area contributed by atoms with Crippen molar-refractivity contribution in [2.24, 2.45) is 0 Å². The molecule has 174 valence electrons.